The molecule has 0 heterocycles. The third-order valence-corrected chi connectivity index (χ3v) is 4.84. The molecule has 2 atom stereocenters. The van der Waals surface area contributed by atoms with Crippen LogP contribution in [0.2, 0.25) is 0 Å². The number of carbonyl (C=O) groups is 2. The molecule has 0 aliphatic heterocycles. The third-order valence-electron chi connectivity index (χ3n) is 4.84. The van der Waals surface area contributed by atoms with Crippen LogP contribution in [0.3, 0.4) is 0 Å². The summed E-state index contributed by atoms with van der Waals surface area (Å²) in [5.41, 5.74) is 15.4. The molecule has 0 aliphatic carbocycles. The molecule has 2 amide bonds. The quantitative estimate of drug-likeness (QED) is 0.401. The van der Waals surface area contributed by atoms with Crippen molar-refractivity contribution < 1.29 is 9.59 Å². The van der Waals surface area contributed by atoms with Crippen molar-refractivity contribution in [1.29, 1.82) is 0 Å². The van der Waals surface area contributed by atoms with Crippen LogP contribution in [0, 0.1) is 0 Å². The molecule has 8 heteroatoms. The molecule has 0 aromatic heterocycles. The van der Waals surface area contributed by atoms with Gasteiger partial charge in [0.1, 0.15) is 12.1 Å². The van der Waals surface area contributed by atoms with E-state index in [-0.39, 0.29) is 36.6 Å². The predicted molar refractivity (Wildman–Crippen MR) is 131 cm³/mol. The zero-order chi connectivity index (χ0) is 21.3. The van der Waals surface area contributed by atoms with Gasteiger partial charge in [0.25, 0.3) is 0 Å². The van der Waals surface area contributed by atoms with E-state index in [0.717, 1.165) is 22.3 Å². The molecule has 3 rings (SSSR count). The smallest absolute Gasteiger partial charge is 0.241 e. The second-order valence-corrected chi connectivity index (χ2v) is 7.03. The van der Waals surface area contributed by atoms with Crippen molar-refractivity contribution in [3.05, 3.63) is 107 Å². The lowest BCUT2D eigenvalue weighted by Gasteiger charge is -2.14. The number of benzene rings is 3. The van der Waals surface area contributed by atoms with Crippen molar-refractivity contribution in [2.24, 2.45) is 11.5 Å². The zero-order valence-electron chi connectivity index (χ0n) is 17.4. The van der Waals surface area contributed by atoms with Gasteiger partial charge in [0.15, 0.2) is 0 Å². The fourth-order valence-corrected chi connectivity index (χ4v) is 3.00. The van der Waals surface area contributed by atoms with Gasteiger partial charge in [-0.2, -0.15) is 0 Å². The van der Waals surface area contributed by atoms with Gasteiger partial charge < -0.3 is 22.1 Å². The standard InChI is InChI=1S/C24H26N4O2.2ClH/c25-21(19-7-3-1-4-8-19)23(29)27-15-17-11-13-18(14-12-17)16-28-24(30)22(26)20-9-5-2-6-10-20;;/h1-14,21-22H,15-16,25-26H2,(H,27,29)(H,28,30);2*1H. The molecule has 6 nitrogen and oxygen atoms in total. The molecule has 170 valence electrons. The van der Waals surface area contributed by atoms with E-state index in [2.05, 4.69) is 10.6 Å². The number of rotatable bonds is 8. The maximum Gasteiger partial charge on any atom is 0.241 e. The van der Waals surface area contributed by atoms with Gasteiger partial charge >= 0.3 is 0 Å². The first-order chi connectivity index (χ1) is 14.5. The van der Waals surface area contributed by atoms with Crippen molar-refractivity contribution in [3.8, 4) is 0 Å². The van der Waals surface area contributed by atoms with E-state index in [0.29, 0.717) is 13.1 Å². The lowest BCUT2D eigenvalue weighted by atomic mass is 10.1. The minimum Gasteiger partial charge on any atom is -0.350 e. The monoisotopic (exact) mass is 474 g/mol. The van der Waals surface area contributed by atoms with Crippen LogP contribution in [0.4, 0.5) is 0 Å². The second-order valence-electron chi connectivity index (χ2n) is 7.03. The first-order valence-electron chi connectivity index (χ1n) is 9.79. The molecule has 0 fully saturated rings. The predicted octanol–water partition coefficient (Wildman–Crippen LogP) is 3.16. The number of amides is 2. The molecular weight excluding hydrogens is 447 g/mol. The van der Waals surface area contributed by atoms with Gasteiger partial charge in [-0.25, -0.2) is 0 Å². The van der Waals surface area contributed by atoms with Crippen LogP contribution in [0.5, 0.6) is 0 Å². The van der Waals surface area contributed by atoms with Crippen molar-refractivity contribution in [1.82, 2.24) is 10.6 Å². The first-order valence-corrected chi connectivity index (χ1v) is 9.79. The number of nitrogens with two attached hydrogens (primary N) is 2. The summed E-state index contributed by atoms with van der Waals surface area (Å²) in [6.07, 6.45) is 0. The van der Waals surface area contributed by atoms with Crippen molar-refractivity contribution in [3.63, 3.8) is 0 Å². The third kappa shape index (κ3) is 7.66. The van der Waals surface area contributed by atoms with Crippen LogP contribution in [0.15, 0.2) is 84.9 Å². The Bertz CT molecular complexity index is 890. The Kier molecular flexibility index (Phi) is 11.4. The Morgan fingerprint density at radius 2 is 0.906 bits per heavy atom. The average molecular weight is 475 g/mol. The number of carbonyl (C=O) groups excluding carboxylic acids is 2. The Balaban J connectivity index is 0.00000256. The van der Waals surface area contributed by atoms with Gasteiger partial charge in [-0.05, 0) is 22.3 Å². The molecule has 32 heavy (non-hydrogen) atoms. The van der Waals surface area contributed by atoms with Gasteiger partial charge in [-0.1, -0.05) is 84.9 Å². The molecule has 6 N–H and O–H groups in total. The summed E-state index contributed by atoms with van der Waals surface area (Å²) in [4.78, 5) is 24.5. The Labute approximate surface area is 200 Å². The zero-order valence-corrected chi connectivity index (χ0v) is 19.1. The fraction of sp³-hybridized carbons (Fsp3) is 0.167. The normalized spacial score (nSPS) is 11.8. The Morgan fingerprint density at radius 3 is 1.22 bits per heavy atom. The van der Waals surface area contributed by atoms with E-state index in [1.165, 1.54) is 0 Å². The van der Waals surface area contributed by atoms with Crippen LogP contribution in [0.1, 0.15) is 34.3 Å². The molecule has 2 unspecified atom stereocenters. The molecule has 0 spiro atoms. The van der Waals surface area contributed by atoms with Crippen LogP contribution in [0.25, 0.3) is 0 Å². The lowest BCUT2D eigenvalue weighted by molar-refractivity contribution is -0.123. The minimum atomic E-state index is -0.700. The number of hydrogen-bond acceptors (Lipinski definition) is 4. The van der Waals surface area contributed by atoms with Crippen LogP contribution < -0.4 is 22.1 Å². The van der Waals surface area contributed by atoms with Crippen molar-refractivity contribution in [2.45, 2.75) is 25.2 Å². The molecule has 3 aromatic carbocycles. The van der Waals surface area contributed by atoms with Crippen molar-refractivity contribution >= 4 is 36.6 Å². The highest BCUT2D eigenvalue weighted by Crippen LogP contribution is 2.12. The van der Waals surface area contributed by atoms with Gasteiger partial charge in [-0.3, -0.25) is 9.59 Å². The maximum absolute atomic E-state index is 12.2. The minimum absolute atomic E-state index is 0. The SMILES string of the molecule is Cl.Cl.NC(C(=O)NCc1ccc(CNC(=O)C(N)c2ccccc2)cc1)c1ccccc1. The molecule has 0 bridgehead atoms. The van der Waals surface area contributed by atoms with Crippen LogP contribution in [-0.2, 0) is 22.7 Å². The number of nitrogens with one attached hydrogen (secondary N) is 2. The topological polar surface area (TPSA) is 110 Å². The van der Waals surface area contributed by atoms with E-state index < -0.39 is 12.1 Å². The summed E-state index contributed by atoms with van der Waals surface area (Å²) in [6, 6.07) is 24.7. The maximum atomic E-state index is 12.2. The van der Waals surface area contributed by atoms with Crippen LogP contribution >= 0.6 is 24.8 Å². The largest absolute Gasteiger partial charge is 0.350 e. The molecule has 0 aliphatic rings. The highest BCUT2D eigenvalue weighted by Gasteiger charge is 2.16. The molecule has 3 aromatic rings. The molecular formula is C24H28Cl2N4O2. The summed E-state index contributed by atoms with van der Waals surface area (Å²) >= 11 is 0. The number of hydrogen-bond donors (Lipinski definition) is 4. The highest BCUT2D eigenvalue weighted by molar-refractivity contribution is 5.85. The Hall–Kier alpha value is -2.90. The van der Waals surface area contributed by atoms with E-state index in [1.54, 1.807) is 0 Å². The molecule has 0 radical (unpaired) electrons. The molecule has 0 saturated heterocycles. The number of halogens is 2. The highest BCUT2D eigenvalue weighted by atomic mass is 35.5. The Morgan fingerprint density at radius 1 is 0.594 bits per heavy atom. The fourth-order valence-electron chi connectivity index (χ4n) is 3.00. The van der Waals surface area contributed by atoms with E-state index in [1.807, 2.05) is 84.9 Å². The average Bonchev–Trinajstić information content (AvgIpc) is 2.81. The van der Waals surface area contributed by atoms with Gasteiger partial charge in [-0.15, -0.1) is 24.8 Å². The lowest BCUT2D eigenvalue weighted by Crippen LogP contribution is -2.34. The van der Waals surface area contributed by atoms with Gasteiger partial charge in [0.05, 0.1) is 0 Å². The van der Waals surface area contributed by atoms with Crippen molar-refractivity contribution in [2.75, 3.05) is 0 Å². The summed E-state index contributed by atoms with van der Waals surface area (Å²) in [7, 11) is 0. The molecule has 0 saturated carbocycles. The van der Waals surface area contributed by atoms with Crippen LogP contribution in [-0.4, -0.2) is 11.8 Å². The second kappa shape index (κ2) is 13.5. The van der Waals surface area contributed by atoms with Gasteiger partial charge in [0.2, 0.25) is 11.8 Å². The van der Waals surface area contributed by atoms with Gasteiger partial charge in [0, 0.05) is 13.1 Å². The summed E-state index contributed by atoms with van der Waals surface area (Å²) in [5.74, 6) is -0.458. The van der Waals surface area contributed by atoms with E-state index in [9.17, 15) is 9.59 Å². The summed E-state index contributed by atoms with van der Waals surface area (Å²) in [6.45, 7) is 0.760. The first kappa shape index (κ1) is 27.1. The summed E-state index contributed by atoms with van der Waals surface area (Å²) in [5, 5.41) is 5.70. The van der Waals surface area contributed by atoms with E-state index in [4.69, 9.17) is 11.5 Å². The summed E-state index contributed by atoms with van der Waals surface area (Å²) < 4.78 is 0. The van der Waals surface area contributed by atoms with E-state index >= 15 is 0 Å².